The zero-order valence-corrected chi connectivity index (χ0v) is 17.6. The lowest BCUT2D eigenvalue weighted by molar-refractivity contribution is 0.176. The van der Waals surface area contributed by atoms with Gasteiger partial charge in [0, 0.05) is 31.6 Å². The topological polar surface area (TPSA) is 79.5 Å². The Labute approximate surface area is 166 Å². The third-order valence-corrected chi connectivity index (χ3v) is 7.41. The summed E-state index contributed by atoms with van der Waals surface area (Å²) in [7, 11) is -3.44. The molecule has 1 aliphatic heterocycles. The van der Waals surface area contributed by atoms with Crippen LogP contribution in [-0.2, 0) is 34.8 Å². The first-order valence-corrected chi connectivity index (χ1v) is 11.3. The molecule has 0 atom stereocenters. The molecule has 1 fully saturated rings. The average molecular weight is 405 g/mol. The molecular weight excluding hydrogens is 376 g/mol. The Morgan fingerprint density at radius 3 is 2.46 bits per heavy atom. The first-order valence-electron chi connectivity index (χ1n) is 9.91. The van der Waals surface area contributed by atoms with Crippen molar-refractivity contribution in [3.05, 3.63) is 41.0 Å². The Morgan fingerprint density at radius 2 is 1.79 bits per heavy atom. The summed E-state index contributed by atoms with van der Waals surface area (Å²) in [6.07, 6.45) is 3.15. The molecule has 28 heavy (non-hydrogen) atoms. The van der Waals surface area contributed by atoms with Crippen molar-refractivity contribution < 1.29 is 12.9 Å². The van der Waals surface area contributed by atoms with E-state index in [0.717, 1.165) is 19.3 Å². The van der Waals surface area contributed by atoms with Gasteiger partial charge in [0.2, 0.25) is 15.9 Å². The number of hydrogen-bond acceptors (Lipinski definition) is 6. The summed E-state index contributed by atoms with van der Waals surface area (Å²) in [6.45, 7) is 8.94. The highest BCUT2D eigenvalue weighted by Crippen LogP contribution is 2.27. The van der Waals surface area contributed by atoms with Gasteiger partial charge in [-0.15, -0.1) is 0 Å². The Bertz CT molecular complexity index is 954. The lowest BCUT2D eigenvalue weighted by atomic mass is 9.97. The van der Waals surface area contributed by atoms with Gasteiger partial charge in [0.15, 0.2) is 5.82 Å². The van der Waals surface area contributed by atoms with E-state index in [0.29, 0.717) is 49.3 Å². The van der Waals surface area contributed by atoms with Crippen molar-refractivity contribution in [2.75, 3.05) is 26.2 Å². The zero-order valence-electron chi connectivity index (χ0n) is 16.8. The highest BCUT2D eigenvalue weighted by atomic mass is 32.2. The summed E-state index contributed by atoms with van der Waals surface area (Å²) < 4.78 is 33.0. The van der Waals surface area contributed by atoms with Crippen molar-refractivity contribution in [1.82, 2.24) is 19.3 Å². The van der Waals surface area contributed by atoms with Crippen molar-refractivity contribution in [1.29, 1.82) is 0 Å². The first-order chi connectivity index (χ1) is 13.2. The van der Waals surface area contributed by atoms with Gasteiger partial charge < -0.3 is 4.52 Å². The minimum Gasteiger partial charge on any atom is -0.339 e. The number of benzene rings is 1. The predicted molar refractivity (Wildman–Crippen MR) is 106 cm³/mol. The molecule has 0 unspecified atom stereocenters. The molecule has 0 amide bonds. The standard InChI is InChI=1S/C20H28N4O3S/c1-20(2,3)19-21-18(22-27-19)14-23-9-11-24(12-10-23)28(25,26)17-8-7-15-5-4-6-16(15)13-17/h7-8,13H,4-6,9-12,14H2,1-3H3. The predicted octanol–water partition coefficient (Wildman–Crippen LogP) is 2.36. The van der Waals surface area contributed by atoms with Crippen LogP contribution >= 0.6 is 0 Å². The minimum absolute atomic E-state index is 0.173. The molecule has 8 heteroatoms. The summed E-state index contributed by atoms with van der Waals surface area (Å²) in [5, 5.41) is 4.07. The van der Waals surface area contributed by atoms with Crippen molar-refractivity contribution in [3.63, 3.8) is 0 Å². The second-order valence-corrected chi connectivity index (χ2v) is 10.7. The summed E-state index contributed by atoms with van der Waals surface area (Å²) in [4.78, 5) is 7.07. The second kappa shape index (κ2) is 7.24. The van der Waals surface area contributed by atoms with Crippen LogP contribution in [0.1, 0.15) is 50.0 Å². The fourth-order valence-electron chi connectivity index (χ4n) is 3.81. The number of aryl methyl sites for hydroxylation is 2. The molecule has 0 radical (unpaired) electrons. The first kappa shape index (κ1) is 19.5. The van der Waals surface area contributed by atoms with Gasteiger partial charge in [0.05, 0.1) is 11.4 Å². The summed E-state index contributed by atoms with van der Waals surface area (Å²) in [6, 6.07) is 5.62. The van der Waals surface area contributed by atoms with E-state index in [-0.39, 0.29) is 5.41 Å². The summed E-state index contributed by atoms with van der Waals surface area (Å²) in [5.41, 5.74) is 2.30. The number of piperazine rings is 1. The van der Waals surface area contributed by atoms with Crippen molar-refractivity contribution in [2.24, 2.45) is 0 Å². The van der Waals surface area contributed by atoms with Gasteiger partial charge >= 0.3 is 0 Å². The Morgan fingerprint density at radius 1 is 1.07 bits per heavy atom. The second-order valence-electron chi connectivity index (χ2n) is 8.73. The van der Waals surface area contributed by atoms with Gasteiger partial charge in [0.25, 0.3) is 0 Å². The van der Waals surface area contributed by atoms with E-state index in [1.165, 1.54) is 11.1 Å². The molecule has 1 aliphatic carbocycles. The molecule has 1 aromatic heterocycles. The zero-order chi connectivity index (χ0) is 19.9. The lowest BCUT2D eigenvalue weighted by Crippen LogP contribution is -2.48. The smallest absolute Gasteiger partial charge is 0.243 e. The van der Waals surface area contributed by atoms with Crippen LogP contribution in [0.3, 0.4) is 0 Å². The molecule has 2 heterocycles. The molecule has 4 rings (SSSR count). The number of fused-ring (bicyclic) bond motifs is 1. The van der Waals surface area contributed by atoms with E-state index in [9.17, 15) is 8.42 Å². The van der Waals surface area contributed by atoms with Gasteiger partial charge in [-0.2, -0.15) is 9.29 Å². The maximum absolute atomic E-state index is 13.0. The van der Waals surface area contributed by atoms with Crippen LogP contribution in [0, 0.1) is 0 Å². The largest absolute Gasteiger partial charge is 0.339 e. The number of nitrogens with zero attached hydrogens (tertiary/aromatic N) is 4. The normalized spacial score (nSPS) is 19.1. The third kappa shape index (κ3) is 3.86. The Hall–Kier alpha value is -1.77. The molecule has 2 aliphatic rings. The van der Waals surface area contributed by atoms with Crippen LogP contribution in [0.4, 0.5) is 0 Å². The van der Waals surface area contributed by atoms with Crippen LogP contribution in [0.25, 0.3) is 0 Å². The number of hydrogen-bond donors (Lipinski definition) is 0. The van der Waals surface area contributed by atoms with Crippen molar-refractivity contribution in [3.8, 4) is 0 Å². The molecule has 1 aromatic carbocycles. The van der Waals surface area contributed by atoms with E-state index < -0.39 is 10.0 Å². The van der Waals surface area contributed by atoms with E-state index >= 15 is 0 Å². The van der Waals surface area contributed by atoms with E-state index in [2.05, 4.69) is 15.0 Å². The van der Waals surface area contributed by atoms with Gasteiger partial charge in [-0.1, -0.05) is 32.0 Å². The Balaban J connectivity index is 1.39. The number of rotatable bonds is 4. The average Bonchev–Trinajstić information content (AvgIpc) is 3.30. The molecule has 1 saturated heterocycles. The molecule has 7 nitrogen and oxygen atoms in total. The highest BCUT2D eigenvalue weighted by molar-refractivity contribution is 7.89. The number of sulfonamides is 1. The van der Waals surface area contributed by atoms with Crippen LogP contribution < -0.4 is 0 Å². The van der Waals surface area contributed by atoms with Crippen molar-refractivity contribution in [2.45, 2.75) is 56.9 Å². The maximum atomic E-state index is 13.0. The fourth-order valence-corrected chi connectivity index (χ4v) is 5.28. The third-order valence-electron chi connectivity index (χ3n) is 5.51. The van der Waals surface area contributed by atoms with Crippen LogP contribution in [0.15, 0.2) is 27.6 Å². The van der Waals surface area contributed by atoms with Gasteiger partial charge in [0.1, 0.15) is 0 Å². The van der Waals surface area contributed by atoms with Crippen LogP contribution in [0.2, 0.25) is 0 Å². The van der Waals surface area contributed by atoms with Crippen molar-refractivity contribution >= 4 is 10.0 Å². The Kier molecular flexibility index (Phi) is 5.05. The van der Waals surface area contributed by atoms with Gasteiger partial charge in [-0.3, -0.25) is 4.90 Å². The van der Waals surface area contributed by atoms with E-state index in [1.54, 1.807) is 10.4 Å². The maximum Gasteiger partial charge on any atom is 0.243 e. The van der Waals surface area contributed by atoms with Crippen LogP contribution in [-0.4, -0.2) is 53.9 Å². The van der Waals surface area contributed by atoms with Crippen LogP contribution in [0.5, 0.6) is 0 Å². The minimum atomic E-state index is -3.44. The molecule has 0 spiro atoms. The highest BCUT2D eigenvalue weighted by Gasteiger charge is 2.30. The SMILES string of the molecule is CC(C)(C)c1nc(CN2CCN(S(=O)(=O)c3ccc4c(c3)CCC4)CC2)no1. The van der Waals surface area contributed by atoms with Gasteiger partial charge in [-0.05, 0) is 42.5 Å². The van der Waals surface area contributed by atoms with E-state index in [4.69, 9.17) is 4.52 Å². The molecule has 2 aromatic rings. The molecule has 0 bridgehead atoms. The summed E-state index contributed by atoms with van der Waals surface area (Å²) >= 11 is 0. The van der Waals surface area contributed by atoms with Gasteiger partial charge in [-0.25, -0.2) is 8.42 Å². The quantitative estimate of drug-likeness (QED) is 0.778. The lowest BCUT2D eigenvalue weighted by Gasteiger charge is -2.33. The fraction of sp³-hybridized carbons (Fsp3) is 0.600. The molecular formula is C20H28N4O3S. The summed E-state index contributed by atoms with van der Waals surface area (Å²) in [5.74, 6) is 1.28. The molecule has 0 N–H and O–H groups in total. The monoisotopic (exact) mass is 404 g/mol. The number of aromatic nitrogens is 2. The molecule has 0 saturated carbocycles. The van der Waals surface area contributed by atoms with E-state index in [1.807, 2.05) is 32.9 Å². The molecule has 152 valence electrons.